The average Bonchev–Trinajstić information content (AvgIpc) is 2.90. The molecule has 8 nitrogen and oxygen atoms in total. The highest BCUT2D eigenvalue weighted by atomic mass is 35.5. The lowest BCUT2D eigenvalue weighted by atomic mass is 9.64. The second kappa shape index (κ2) is 15.5. The number of hydrogen-bond donors (Lipinski definition) is 5. The van der Waals surface area contributed by atoms with E-state index in [1.165, 1.54) is 12.1 Å². The molecule has 3 amide bonds. The molecular formula is C32H42BClF3N3O5. The molecule has 0 aromatic heterocycles. The third-order valence-electron chi connectivity index (χ3n) is 8.12. The third-order valence-corrected chi connectivity index (χ3v) is 8.36. The van der Waals surface area contributed by atoms with Gasteiger partial charge in [-0.25, -0.2) is 0 Å². The van der Waals surface area contributed by atoms with Gasteiger partial charge in [0.15, 0.2) is 0 Å². The van der Waals surface area contributed by atoms with Crippen molar-refractivity contribution in [3.63, 3.8) is 0 Å². The van der Waals surface area contributed by atoms with Gasteiger partial charge in [0.2, 0.25) is 17.7 Å². The molecule has 45 heavy (non-hydrogen) atoms. The molecule has 1 aliphatic rings. The smallest absolute Gasteiger partial charge is 0.426 e. The van der Waals surface area contributed by atoms with E-state index < -0.39 is 60.0 Å². The molecule has 0 spiro atoms. The molecule has 2 aromatic rings. The van der Waals surface area contributed by atoms with Crippen molar-refractivity contribution in [1.82, 2.24) is 16.0 Å². The van der Waals surface area contributed by atoms with E-state index in [2.05, 4.69) is 16.0 Å². The molecule has 2 aromatic carbocycles. The maximum absolute atomic E-state index is 13.8. The summed E-state index contributed by atoms with van der Waals surface area (Å²) >= 11 is 6.16. The van der Waals surface area contributed by atoms with E-state index in [0.29, 0.717) is 16.1 Å². The van der Waals surface area contributed by atoms with Crippen molar-refractivity contribution in [2.75, 3.05) is 0 Å². The van der Waals surface area contributed by atoms with Crippen LogP contribution in [0, 0.1) is 17.3 Å². The van der Waals surface area contributed by atoms with Gasteiger partial charge < -0.3 is 26.0 Å². The maximum Gasteiger partial charge on any atom is 0.475 e. The van der Waals surface area contributed by atoms with Gasteiger partial charge in [-0.1, -0.05) is 70.0 Å². The number of hydrogen-bond acceptors (Lipinski definition) is 5. The van der Waals surface area contributed by atoms with Crippen LogP contribution in [0.1, 0.15) is 70.1 Å². The van der Waals surface area contributed by atoms with Crippen LogP contribution in [0.15, 0.2) is 48.5 Å². The van der Waals surface area contributed by atoms with Gasteiger partial charge in [0.1, 0.15) is 12.1 Å². The Morgan fingerprint density at radius 1 is 0.933 bits per heavy atom. The molecule has 1 fully saturated rings. The first-order valence-electron chi connectivity index (χ1n) is 15.1. The summed E-state index contributed by atoms with van der Waals surface area (Å²) in [6.07, 6.45) is -1.65. The standard InChI is InChI=1S/C32H42BClF3N3O5/c1-19(2)15-25(29(42)40-27(33(44)45)22-8-6-9-22)38-28(41)26(17-21-7-5-10-24(34)16-21)39-30(43)31(3,4)18-20-11-13-23(14-12-20)32(35,36)37/h5,7,10-14,16,19,22,25-27,44-45H,6,8-9,15,17-18H2,1-4H3,(H,38,41)(H,39,43)(H,40,42)/t25-,26-,27-/m0/s1. The highest BCUT2D eigenvalue weighted by molar-refractivity contribution is 6.43. The van der Waals surface area contributed by atoms with Crippen LogP contribution in [0.3, 0.4) is 0 Å². The summed E-state index contributed by atoms with van der Waals surface area (Å²) in [6.45, 7) is 7.02. The Balaban J connectivity index is 1.80. The predicted molar refractivity (Wildman–Crippen MR) is 167 cm³/mol. The molecule has 5 N–H and O–H groups in total. The lowest BCUT2D eigenvalue weighted by Gasteiger charge is -2.35. The highest BCUT2D eigenvalue weighted by Crippen LogP contribution is 2.31. The highest BCUT2D eigenvalue weighted by Gasteiger charge is 2.39. The normalized spacial score (nSPS) is 15.9. The summed E-state index contributed by atoms with van der Waals surface area (Å²) in [7, 11) is -1.75. The van der Waals surface area contributed by atoms with E-state index in [1.54, 1.807) is 38.1 Å². The van der Waals surface area contributed by atoms with Crippen LogP contribution in [0.2, 0.25) is 5.02 Å². The monoisotopic (exact) mass is 651 g/mol. The largest absolute Gasteiger partial charge is 0.475 e. The van der Waals surface area contributed by atoms with Crippen LogP contribution in [0.5, 0.6) is 0 Å². The minimum absolute atomic E-state index is 0.00843. The molecule has 3 rings (SSSR count). The summed E-state index contributed by atoms with van der Waals surface area (Å²) in [5, 5.41) is 28.5. The second-order valence-electron chi connectivity index (χ2n) is 12.9. The van der Waals surface area contributed by atoms with Gasteiger partial charge in [-0.3, -0.25) is 14.4 Å². The number of benzene rings is 2. The van der Waals surface area contributed by atoms with Crippen LogP contribution in [-0.2, 0) is 33.4 Å². The lowest BCUT2D eigenvalue weighted by Crippen LogP contribution is -2.60. The summed E-state index contributed by atoms with van der Waals surface area (Å²) < 4.78 is 39.0. The van der Waals surface area contributed by atoms with E-state index >= 15 is 0 Å². The van der Waals surface area contributed by atoms with Crippen LogP contribution < -0.4 is 16.0 Å². The van der Waals surface area contributed by atoms with Crippen LogP contribution in [-0.4, -0.2) is 52.9 Å². The quantitative estimate of drug-likeness (QED) is 0.193. The fourth-order valence-corrected chi connectivity index (χ4v) is 5.55. The Hall–Kier alpha value is -3.09. The van der Waals surface area contributed by atoms with Crippen LogP contribution >= 0.6 is 11.6 Å². The first-order valence-corrected chi connectivity index (χ1v) is 15.5. The topological polar surface area (TPSA) is 128 Å². The molecule has 13 heteroatoms. The van der Waals surface area contributed by atoms with Gasteiger partial charge in [-0.15, -0.1) is 0 Å². The molecule has 246 valence electrons. The fraction of sp³-hybridized carbons (Fsp3) is 0.531. The average molecular weight is 652 g/mol. The van der Waals surface area contributed by atoms with E-state index in [0.717, 1.165) is 31.4 Å². The van der Waals surface area contributed by atoms with Gasteiger partial charge in [-0.05, 0) is 72.9 Å². The van der Waals surface area contributed by atoms with Gasteiger partial charge in [-0.2, -0.15) is 13.2 Å². The summed E-state index contributed by atoms with van der Waals surface area (Å²) in [5.41, 5.74) is -0.741. The number of carbonyl (C=O) groups excluding carboxylic acids is 3. The fourth-order valence-electron chi connectivity index (χ4n) is 5.34. The molecule has 1 saturated carbocycles. The van der Waals surface area contributed by atoms with Gasteiger partial charge in [0, 0.05) is 16.9 Å². The zero-order chi connectivity index (χ0) is 33.5. The number of rotatable bonds is 14. The molecule has 0 unspecified atom stereocenters. The minimum Gasteiger partial charge on any atom is -0.426 e. The lowest BCUT2D eigenvalue weighted by molar-refractivity contribution is -0.137. The van der Waals surface area contributed by atoms with Crippen LogP contribution in [0.25, 0.3) is 0 Å². The number of alkyl halides is 3. The molecule has 0 heterocycles. The Morgan fingerprint density at radius 3 is 2.07 bits per heavy atom. The number of amides is 3. The first kappa shape index (κ1) is 36.4. The molecule has 0 saturated heterocycles. The third kappa shape index (κ3) is 10.8. The summed E-state index contributed by atoms with van der Waals surface area (Å²) in [5.74, 6) is -2.65. The van der Waals surface area contributed by atoms with E-state index in [-0.39, 0.29) is 31.1 Å². The molecule has 1 aliphatic carbocycles. The predicted octanol–water partition coefficient (Wildman–Crippen LogP) is 4.48. The minimum atomic E-state index is -4.48. The summed E-state index contributed by atoms with van der Waals surface area (Å²) in [4.78, 5) is 40.7. The molecule has 3 atom stereocenters. The zero-order valence-corrected chi connectivity index (χ0v) is 26.7. The Bertz CT molecular complexity index is 1320. The van der Waals surface area contributed by atoms with Crippen molar-refractivity contribution in [1.29, 1.82) is 0 Å². The van der Waals surface area contributed by atoms with Crippen molar-refractivity contribution in [2.24, 2.45) is 17.3 Å². The second-order valence-corrected chi connectivity index (χ2v) is 13.4. The molecular weight excluding hydrogens is 610 g/mol. The Kier molecular flexibility index (Phi) is 12.5. The first-order chi connectivity index (χ1) is 21.0. The number of carbonyl (C=O) groups is 3. The van der Waals surface area contributed by atoms with Crippen molar-refractivity contribution >= 4 is 36.4 Å². The van der Waals surface area contributed by atoms with E-state index in [1.807, 2.05) is 13.8 Å². The Morgan fingerprint density at radius 2 is 1.56 bits per heavy atom. The van der Waals surface area contributed by atoms with Crippen molar-refractivity contribution in [3.8, 4) is 0 Å². The zero-order valence-electron chi connectivity index (χ0n) is 26.0. The van der Waals surface area contributed by atoms with Gasteiger partial charge in [0.25, 0.3) is 0 Å². The van der Waals surface area contributed by atoms with Gasteiger partial charge >= 0.3 is 13.3 Å². The van der Waals surface area contributed by atoms with E-state index in [4.69, 9.17) is 11.6 Å². The number of nitrogens with one attached hydrogen (secondary N) is 3. The SMILES string of the molecule is CC(C)C[C@H](NC(=O)[C@H](Cc1cccc(Cl)c1)NC(=O)C(C)(C)Cc1ccc(C(F)(F)F)cc1)C(=O)N[C@H](B(O)O)C1CCC1. The Labute approximate surface area is 267 Å². The summed E-state index contributed by atoms with van der Waals surface area (Å²) in [6, 6.07) is 9.21. The molecule has 0 aliphatic heterocycles. The van der Waals surface area contributed by atoms with Crippen molar-refractivity contribution < 1.29 is 37.6 Å². The van der Waals surface area contributed by atoms with Crippen molar-refractivity contribution in [2.45, 2.75) is 90.4 Å². The maximum atomic E-state index is 13.8. The van der Waals surface area contributed by atoms with Crippen molar-refractivity contribution in [3.05, 3.63) is 70.2 Å². The number of halogens is 4. The van der Waals surface area contributed by atoms with Gasteiger partial charge in [0.05, 0.1) is 11.5 Å². The molecule has 0 bridgehead atoms. The molecule has 0 radical (unpaired) electrons. The van der Waals surface area contributed by atoms with Crippen LogP contribution in [0.4, 0.5) is 13.2 Å². The van der Waals surface area contributed by atoms with E-state index in [9.17, 15) is 37.6 Å².